The quantitative estimate of drug-likeness (QED) is 0.871. The minimum atomic E-state index is -0.399. The highest BCUT2D eigenvalue weighted by Gasteiger charge is 2.18. The van der Waals surface area contributed by atoms with Crippen molar-refractivity contribution in [3.8, 4) is 5.75 Å². The highest BCUT2D eigenvalue weighted by molar-refractivity contribution is 5.85. The monoisotopic (exact) mass is 286 g/mol. The third-order valence-corrected chi connectivity index (χ3v) is 2.71. The molecule has 1 rings (SSSR count). The lowest BCUT2D eigenvalue weighted by Crippen LogP contribution is -2.46. The largest absolute Gasteiger partial charge is 0.497 e. The topological polar surface area (TPSA) is 64.3 Å². The van der Waals surface area contributed by atoms with Crippen molar-refractivity contribution >= 4 is 18.3 Å². The van der Waals surface area contributed by atoms with Crippen LogP contribution in [0.4, 0.5) is 0 Å². The second-order valence-electron chi connectivity index (χ2n) is 5.20. The summed E-state index contributed by atoms with van der Waals surface area (Å²) >= 11 is 0. The minimum absolute atomic E-state index is 0. The molecule has 1 amide bonds. The fourth-order valence-electron chi connectivity index (χ4n) is 1.53. The molecular weight excluding hydrogens is 264 g/mol. The number of nitrogens with one attached hydrogen (secondary N) is 1. The van der Waals surface area contributed by atoms with Gasteiger partial charge in [0.15, 0.2) is 0 Å². The summed E-state index contributed by atoms with van der Waals surface area (Å²) < 4.78 is 5.15. The first kappa shape index (κ1) is 17.7. The Labute approximate surface area is 121 Å². The van der Waals surface area contributed by atoms with Gasteiger partial charge in [0.2, 0.25) is 5.91 Å². The molecule has 19 heavy (non-hydrogen) atoms. The Kier molecular flexibility index (Phi) is 6.87. The summed E-state index contributed by atoms with van der Waals surface area (Å²) in [5.74, 6) is 0.510. The zero-order chi connectivity index (χ0) is 13.8. The maximum absolute atomic E-state index is 12.0. The standard InChI is InChI=1S/C14H22N2O2.ClH/c1-10(13(17)16-9-14(2,3)15)11-6-5-7-12(8-11)18-4;/h5-8,10H,9,15H2,1-4H3,(H,16,17);1H. The lowest BCUT2D eigenvalue weighted by Gasteiger charge is -2.21. The van der Waals surface area contributed by atoms with Gasteiger partial charge >= 0.3 is 0 Å². The van der Waals surface area contributed by atoms with E-state index in [4.69, 9.17) is 10.5 Å². The van der Waals surface area contributed by atoms with Crippen LogP contribution >= 0.6 is 12.4 Å². The molecule has 0 bridgehead atoms. The molecule has 0 aromatic heterocycles. The normalized spacial score (nSPS) is 12.3. The molecule has 108 valence electrons. The molecule has 1 aromatic carbocycles. The number of ether oxygens (including phenoxy) is 1. The van der Waals surface area contributed by atoms with Crippen molar-refractivity contribution in [2.45, 2.75) is 32.2 Å². The molecule has 1 unspecified atom stereocenters. The Hall–Kier alpha value is -1.26. The van der Waals surface area contributed by atoms with Gasteiger partial charge < -0.3 is 15.8 Å². The fraction of sp³-hybridized carbons (Fsp3) is 0.500. The number of hydrogen-bond acceptors (Lipinski definition) is 3. The van der Waals surface area contributed by atoms with E-state index in [9.17, 15) is 4.79 Å². The van der Waals surface area contributed by atoms with Gasteiger partial charge in [0.25, 0.3) is 0 Å². The van der Waals surface area contributed by atoms with E-state index in [0.29, 0.717) is 6.54 Å². The molecule has 5 heteroatoms. The first-order valence-electron chi connectivity index (χ1n) is 6.04. The zero-order valence-electron chi connectivity index (χ0n) is 11.9. The number of amides is 1. The van der Waals surface area contributed by atoms with Crippen LogP contribution in [0.2, 0.25) is 0 Å². The summed E-state index contributed by atoms with van der Waals surface area (Å²) in [5.41, 5.74) is 6.37. The van der Waals surface area contributed by atoms with Crippen LogP contribution in [0.3, 0.4) is 0 Å². The Balaban J connectivity index is 0.00000324. The van der Waals surface area contributed by atoms with E-state index in [1.807, 2.05) is 45.0 Å². The van der Waals surface area contributed by atoms with Crippen LogP contribution < -0.4 is 15.8 Å². The fourth-order valence-corrected chi connectivity index (χ4v) is 1.53. The van der Waals surface area contributed by atoms with E-state index in [0.717, 1.165) is 11.3 Å². The van der Waals surface area contributed by atoms with Gasteiger partial charge in [-0.1, -0.05) is 12.1 Å². The summed E-state index contributed by atoms with van der Waals surface area (Å²) in [6.45, 7) is 6.08. The van der Waals surface area contributed by atoms with Crippen molar-refractivity contribution < 1.29 is 9.53 Å². The Bertz CT molecular complexity index is 416. The lowest BCUT2D eigenvalue weighted by atomic mass is 9.99. The van der Waals surface area contributed by atoms with E-state index >= 15 is 0 Å². The maximum atomic E-state index is 12.0. The van der Waals surface area contributed by atoms with Crippen LogP contribution in [0.1, 0.15) is 32.3 Å². The number of hydrogen-bond donors (Lipinski definition) is 2. The molecule has 0 aliphatic carbocycles. The Morgan fingerprint density at radius 1 is 1.47 bits per heavy atom. The number of methoxy groups -OCH3 is 1. The molecule has 0 heterocycles. The molecule has 0 spiro atoms. The number of rotatable bonds is 5. The van der Waals surface area contributed by atoms with Crippen molar-refractivity contribution in [1.82, 2.24) is 5.32 Å². The molecule has 1 atom stereocenters. The van der Waals surface area contributed by atoms with Gasteiger partial charge in [-0.3, -0.25) is 4.79 Å². The van der Waals surface area contributed by atoms with E-state index in [1.54, 1.807) is 7.11 Å². The van der Waals surface area contributed by atoms with Gasteiger partial charge in [0.05, 0.1) is 13.0 Å². The Morgan fingerprint density at radius 3 is 2.63 bits per heavy atom. The molecular formula is C14H23ClN2O2. The predicted octanol–water partition coefficient (Wildman–Crippen LogP) is 2.07. The first-order chi connectivity index (χ1) is 8.33. The van der Waals surface area contributed by atoms with Crippen molar-refractivity contribution in [2.24, 2.45) is 5.73 Å². The van der Waals surface area contributed by atoms with E-state index in [2.05, 4.69) is 5.32 Å². The number of nitrogens with two attached hydrogens (primary N) is 1. The number of carbonyl (C=O) groups excluding carboxylic acids is 1. The summed E-state index contributed by atoms with van der Waals surface area (Å²) in [5, 5.41) is 2.85. The summed E-state index contributed by atoms with van der Waals surface area (Å²) in [7, 11) is 1.61. The van der Waals surface area contributed by atoms with Crippen LogP contribution in [0.5, 0.6) is 5.75 Å². The van der Waals surface area contributed by atoms with Crippen LogP contribution in [-0.4, -0.2) is 25.1 Å². The number of carbonyl (C=O) groups is 1. The first-order valence-corrected chi connectivity index (χ1v) is 6.04. The van der Waals surface area contributed by atoms with E-state index in [-0.39, 0.29) is 24.2 Å². The van der Waals surface area contributed by atoms with Crippen LogP contribution in [0.15, 0.2) is 24.3 Å². The molecule has 0 radical (unpaired) electrons. The van der Waals surface area contributed by atoms with E-state index < -0.39 is 5.54 Å². The predicted molar refractivity (Wildman–Crippen MR) is 79.9 cm³/mol. The molecule has 0 saturated heterocycles. The van der Waals surface area contributed by atoms with Gasteiger partial charge in [-0.05, 0) is 38.5 Å². The smallest absolute Gasteiger partial charge is 0.227 e. The average Bonchev–Trinajstić information content (AvgIpc) is 2.34. The molecule has 3 N–H and O–H groups in total. The molecule has 0 saturated carbocycles. The molecule has 4 nitrogen and oxygen atoms in total. The van der Waals surface area contributed by atoms with Gasteiger partial charge in [-0.15, -0.1) is 12.4 Å². The average molecular weight is 287 g/mol. The van der Waals surface area contributed by atoms with E-state index in [1.165, 1.54) is 0 Å². The second-order valence-corrected chi connectivity index (χ2v) is 5.20. The maximum Gasteiger partial charge on any atom is 0.227 e. The van der Waals surface area contributed by atoms with Crippen LogP contribution in [0, 0.1) is 0 Å². The molecule has 0 aliphatic heterocycles. The zero-order valence-corrected chi connectivity index (χ0v) is 12.7. The highest BCUT2D eigenvalue weighted by atomic mass is 35.5. The molecule has 1 aromatic rings. The van der Waals surface area contributed by atoms with Gasteiger partial charge in [-0.25, -0.2) is 0 Å². The lowest BCUT2D eigenvalue weighted by molar-refractivity contribution is -0.122. The van der Waals surface area contributed by atoms with Gasteiger partial charge in [0, 0.05) is 12.1 Å². The molecule has 0 aliphatic rings. The second kappa shape index (κ2) is 7.36. The van der Waals surface area contributed by atoms with Crippen LogP contribution in [-0.2, 0) is 4.79 Å². The SMILES string of the molecule is COc1cccc(C(C)C(=O)NCC(C)(C)N)c1.Cl. The van der Waals surface area contributed by atoms with Gasteiger partial charge in [-0.2, -0.15) is 0 Å². The highest BCUT2D eigenvalue weighted by Crippen LogP contribution is 2.20. The van der Waals surface area contributed by atoms with Crippen LogP contribution in [0.25, 0.3) is 0 Å². The Morgan fingerprint density at radius 2 is 2.11 bits per heavy atom. The minimum Gasteiger partial charge on any atom is -0.497 e. The van der Waals surface area contributed by atoms with Gasteiger partial charge in [0.1, 0.15) is 5.75 Å². The summed E-state index contributed by atoms with van der Waals surface area (Å²) in [4.78, 5) is 12.0. The third kappa shape index (κ3) is 5.94. The number of halogens is 1. The van der Waals surface area contributed by atoms with Crippen molar-refractivity contribution in [3.63, 3.8) is 0 Å². The number of benzene rings is 1. The van der Waals surface area contributed by atoms with Crippen molar-refractivity contribution in [1.29, 1.82) is 0 Å². The van der Waals surface area contributed by atoms with Crippen molar-refractivity contribution in [2.75, 3.05) is 13.7 Å². The summed E-state index contributed by atoms with van der Waals surface area (Å²) in [6, 6.07) is 7.53. The molecule has 0 fully saturated rings. The summed E-state index contributed by atoms with van der Waals surface area (Å²) in [6.07, 6.45) is 0. The van der Waals surface area contributed by atoms with Crippen molar-refractivity contribution in [3.05, 3.63) is 29.8 Å². The third-order valence-electron chi connectivity index (χ3n) is 2.71.